The SMILES string of the molecule is CN(C)CCOc1ccc(C=CCCN)cc1. The standard InChI is InChI=1S/C14H22N2O/c1-16(2)11-12-17-14-8-6-13(7-9-14)5-3-4-10-15/h3,5-9H,4,10-12,15H2,1-2H3. The average Bonchev–Trinajstić information content (AvgIpc) is 2.31. The third-order valence-electron chi connectivity index (χ3n) is 2.33. The molecule has 1 aromatic rings. The zero-order chi connectivity index (χ0) is 12.5. The highest BCUT2D eigenvalue weighted by Gasteiger charge is 1.94. The first-order valence-electron chi connectivity index (χ1n) is 5.96. The van der Waals surface area contributed by atoms with Gasteiger partial charge in [-0.25, -0.2) is 0 Å². The second-order valence-electron chi connectivity index (χ2n) is 4.20. The minimum atomic E-state index is 0.697. The van der Waals surface area contributed by atoms with Gasteiger partial charge in [0.1, 0.15) is 12.4 Å². The second kappa shape index (κ2) is 7.87. The Kier molecular flexibility index (Phi) is 6.37. The van der Waals surface area contributed by atoms with E-state index in [1.165, 1.54) is 5.56 Å². The lowest BCUT2D eigenvalue weighted by Gasteiger charge is -2.10. The minimum Gasteiger partial charge on any atom is -0.492 e. The van der Waals surface area contributed by atoms with Crippen LogP contribution in [0.15, 0.2) is 30.3 Å². The number of hydrogen-bond acceptors (Lipinski definition) is 3. The Morgan fingerprint density at radius 1 is 1.24 bits per heavy atom. The van der Waals surface area contributed by atoms with Gasteiger partial charge in [-0.2, -0.15) is 0 Å². The summed E-state index contributed by atoms with van der Waals surface area (Å²) in [6.07, 6.45) is 5.08. The summed E-state index contributed by atoms with van der Waals surface area (Å²) in [6.45, 7) is 2.34. The fourth-order valence-corrected chi connectivity index (χ4v) is 1.34. The van der Waals surface area contributed by atoms with Crippen LogP contribution in [0.2, 0.25) is 0 Å². The normalized spacial score (nSPS) is 11.3. The van der Waals surface area contributed by atoms with E-state index in [9.17, 15) is 0 Å². The van der Waals surface area contributed by atoms with Gasteiger partial charge in [-0.3, -0.25) is 0 Å². The van der Waals surface area contributed by atoms with Crippen molar-refractivity contribution in [1.29, 1.82) is 0 Å². The Balaban J connectivity index is 2.39. The molecule has 0 saturated heterocycles. The van der Waals surface area contributed by atoms with Crippen LogP contribution in [0.1, 0.15) is 12.0 Å². The Morgan fingerprint density at radius 3 is 2.53 bits per heavy atom. The van der Waals surface area contributed by atoms with E-state index >= 15 is 0 Å². The van der Waals surface area contributed by atoms with Crippen molar-refractivity contribution in [2.45, 2.75) is 6.42 Å². The molecule has 3 nitrogen and oxygen atoms in total. The average molecular weight is 234 g/mol. The highest BCUT2D eigenvalue weighted by molar-refractivity contribution is 5.50. The van der Waals surface area contributed by atoms with Gasteiger partial charge in [0.25, 0.3) is 0 Å². The van der Waals surface area contributed by atoms with Crippen molar-refractivity contribution in [3.8, 4) is 5.75 Å². The molecule has 0 aliphatic heterocycles. The lowest BCUT2D eigenvalue weighted by Crippen LogP contribution is -2.19. The van der Waals surface area contributed by atoms with Crippen LogP contribution in [0.4, 0.5) is 0 Å². The Bertz CT molecular complexity index is 331. The molecule has 0 radical (unpaired) electrons. The van der Waals surface area contributed by atoms with E-state index in [4.69, 9.17) is 10.5 Å². The highest BCUT2D eigenvalue weighted by atomic mass is 16.5. The summed E-state index contributed by atoms with van der Waals surface area (Å²) in [5.74, 6) is 0.919. The summed E-state index contributed by atoms with van der Waals surface area (Å²) in [7, 11) is 4.07. The van der Waals surface area contributed by atoms with E-state index in [0.29, 0.717) is 6.54 Å². The first-order chi connectivity index (χ1) is 8.22. The van der Waals surface area contributed by atoms with Crippen molar-refractivity contribution in [3.05, 3.63) is 35.9 Å². The molecular formula is C14H22N2O. The molecule has 0 aromatic heterocycles. The molecule has 0 saturated carbocycles. The van der Waals surface area contributed by atoms with E-state index in [1.54, 1.807) is 0 Å². The number of nitrogens with two attached hydrogens (primary N) is 1. The number of likely N-dealkylation sites (N-methyl/N-ethyl adjacent to an activating group) is 1. The maximum absolute atomic E-state index is 5.61. The lowest BCUT2D eigenvalue weighted by molar-refractivity contribution is 0.261. The molecule has 3 heteroatoms. The molecule has 0 aliphatic rings. The van der Waals surface area contributed by atoms with Crippen molar-refractivity contribution < 1.29 is 4.74 Å². The Morgan fingerprint density at radius 2 is 1.94 bits per heavy atom. The van der Waals surface area contributed by atoms with E-state index in [0.717, 1.165) is 25.3 Å². The third-order valence-corrected chi connectivity index (χ3v) is 2.33. The maximum Gasteiger partial charge on any atom is 0.119 e. The van der Waals surface area contributed by atoms with Crippen LogP contribution in [-0.2, 0) is 0 Å². The van der Waals surface area contributed by atoms with Crippen LogP contribution in [-0.4, -0.2) is 38.7 Å². The molecule has 0 spiro atoms. The molecule has 94 valence electrons. The van der Waals surface area contributed by atoms with Crippen molar-refractivity contribution in [3.63, 3.8) is 0 Å². The lowest BCUT2D eigenvalue weighted by atomic mass is 10.2. The van der Waals surface area contributed by atoms with Gasteiger partial charge in [0.05, 0.1) is 0 Å². The zero-order valence-electron chi connectivity index (χ0n) is 10.7. The minimum absolute atomic E-state index is 0.697. The van der Waals surface area contributed by atoms with E-state index in [-0.39, 0.29) is 0 Å². The molecule has 0 atom stereocenters. The monoisotopic (exact) mass is 234 g/mol. The Hall–Kier alpha value is -1.32. The summed E-state index contributed by atoms with van der Waals surface area (Å²) < 4.78 is 5.61. The van der Waals surface area contributed by atoms with Gasteiger partial charge < -0.3 is 15.4 Å². The quantitative estimate of drug-likeness (QED) is 0.784. The fraction of sp³-hybridized carbons (Fsp3) is 0.429. The molecule has 0 amide bonds. The molecule has 0 aliphatic carbocycles. The smallest absolute Gasteiger partial charge is 0.119 e. The third kappa shape index (κ3) is 6.09. The number of benzene rings is 1. The predicted molar refractivity (Wildman–Crippen MR) is 73.2 cm³/mol. The Labute approximate surface area is 104 Å². The molecule has 1 rings (SSSR count). The van der Waals surface area contributed by atoms with E-state index in [1.807, 2.05) is 26.2 Å². The van der Waals surface area contributed by atoms with Crippen LogP contribution in [0.25, 0.3) is 6.08 Å². The molecule has 0 heterocycles. The number of rotatable bonds is 7. The first kappa shape index (κ1) is 13.7. The van der Waals surface area contributed by atoms with Crippen molar-refractivity contribution in [1.82, 2.24) is 4.90 Å². The number of hydrogen-bond donors (Lipinski definition) is 1. The van der Waals surface area contributed by atoms with Gasteiger partial charge in [-0.1, -0.05) is 24.3 Å². The van der Waals surface area contributed by atoms with E-state index < -0.39 is 0 Å². The van der Waals surface area contributed by atoms with Gasteiger partial charge in [0, 0.05) is 6.54 Å². The summed E-state index contributed by atoms with van der Waals surface area (Å²) >= 11 is 0. The summed E-state index contributed by atoms with van der Waals surface area (Å²) in [4.78, 5) is 2.10. The van der Waals surface area contributed by atoms with Crippen LogP contribution >= 0.6 is 0 Å². The van der Waals surface area contributed by atoms with Crippen LogP contribution < -0.4 is 10.5 Å². The molecule has 17 heavy (non-hydrogen) atoms. The molecule has 0 unspecified atom stereocenters. The molecule has 2 N–H and O–H groups in total. The topological polar surface area (TPSA) is 38.5 Å². The number of nitrogens with zero attached hydrogens (tertiary/aromatic N) is 1. The number of ether oxygens (including phenoxy) is 1. The van der Waals surface area contributed by atoms with Gasteiger partial charge in [0.2, 0.25) is 0 Å². The highest BCUT2D eigenvalue weighted by Crippen LogP contribution is 2.13. The predicted octanol–water partition coefficient (Wildman–Crippen LogP) is 1.99. The molecule has 1 aromatic carbocycles. The molecule has 0 bridgehead atoms. The van der Waals surface area contributed by atoms with Crippen LogP contribution in [0, 0.1) is 0 Å². The summed E-state index contributed by atoms with van der Waals surface area (Å²) in [5, 5.41) is 0. The fourth-order valence-electron chi connectivity index (χ4n) is 1.34. The van der Waals surface area contributed by atoms with Gasteiger partial charge >= 0.3 is 0 Å². The molecule has 0 fully saturated rings. The van der Waals surface area contributed by atoms with Crippen molar-refractivity contribution in [2.24, 2.45) is 5.73 Å². The van der Waals surface area contributed by atoms with Gasteiger partial charge in [0.15, 0.2) is 0 Å². The summed E-state index contributed by atoms with van der Waals surface area (Å²) in [5.41, 5.74) is 6.60. The molecular weight excluding hydrogens is 212 g/mol. The largest absolute Gasteiger partial charge is 0.492 e. The van der Waals surface area contributed by atoms with Crippen molar-refractivity contribution in [2.75, 3.05) is 33.8 Å². The van der Waals surface area contributed by atoms with Gasteiger partial charge in [-0.05, 0) is 44.8 Å². The van der Waals surface area contributed by atoms with Crippen molar-refractivity contribution >= 4 is 6.08 Å². The summed E-state index contributed by atoms with van der Waals surface area (Å²) in [6, 6.07) is 8.10. The van der Waals surface area contributed by atoms with Crippen LogP contribution in [0.3, 0.4) is 0 Å². The van der Waals surface area contributed by atoms with Gasteiger partial charge in [-0.15, -0.1) is 0 Å². The first-order valence-corrected chi connectivity index (χ1v) is 5.96. The zero-order valence-corrected chi connectivity index (χ0v) is 10.7. The maximum atomic E-state index is 5.61. The van der Waals surface area contributed by atoms with E-state index in [2.05, 4.69) is 29.2 Å². The second-order valence-corrected chi connectivity index (χ2v) is 4.20. The van der Waals surface area contributed by atoms with Crippen LogP contribution in [0.5, 0.6) is 5.75 Å².